The van der Waals surface area contributed by atoms with Gasteiger partial charge in [0.25, 0.3) is 5.91 Å². The molecule has 2 aromatic carbocycles. The van der Waals surface area contributed by atoms with E-state index < -0.39 is 5.41 Å². The second-order valence-corrected chi connectivity index (χ2v) is 11.9. The quantitative estimate of drug-likeness (QED) is 0.453. The van der Waals surface area contributed by atoms with Crippen molar-refractivity contribution in [2.75, 3.05) is 36.1 Å². The molecule has 2 saturated heterocycles. The molecule has 8 heteroatoms. The zero-order valence-electron chi connectivity index (χ0n) is 22.2. The molecule has 0 N–H and O–H groups in total. The van der Waals surface area contributed by atoms with Gasteiger partial charge in [0.1, 0.15) is 5.41 Å². The molecule has 0 radical (unpaired) electrons. The molecule has 0 bridgehead atoms. The Balaban J connectivity index is 1.36. The number of rotatable bonds is 4. The smallest absolute Gasteiger partial charge is 0.338 e. The molecular formula is C30H35BrN4O3. The number of ether oxygens (including phenoxy) is 1. The molecule has 200 valence electrons. The van der Waals surface area contributed by atoms with Crippen molar-refractivity contribution in [3.05, 3.63) is 58.1 Å². The highest BCUT2D eigenvalue weighted by Gasteiger charge is 2.60. The van der Waals surface area contributed by atoms with E-state index in [9.17, 15) is 9.59 Å². The van der Waals surface area contributed by atoms with Crippen molar-refractivity contribution in [3.63, 3.8) is 0 Å². The van der Waals surface area contributed by atoms with Gasteiger partial charge in [0.2, 0.25) is 0 Å². The number of hydrazone groups is 1. The van der Waals surface area contributed by atoms with Crippen LogP contribution < -0.4 is 9.91 Å². The third-order valence-electron chi connectivity index (χ3n) is 8.96. The monoisotopic (exact) mass is 578 g/mol. The van der Waals surface area contributed by atoms with Gasteiger partial charge in [-0.25, -0.2) is 4.79 Å². The first-order valence-electron chi connectivity index (χ1n) is 13.9. The van der Waals surface area contributed by atoms with Crippen LogP contribution in [0.4, 0.5) is 11.4 Å². The fraction of sp³-hybridized carbons (Fsp3) is 0.500. The van der Waals surface area contributed by atoms with Crippen LogP contribution in [0.15, 0.2) is 52.0 Å². The second kappa shape index (κ2) is 10.1. The molecule has 4 aliphatic rings. The number of amides is 1. The highest BCUT2D eigenvalue weighted by molar-refractivity contribution is 9.10. The van der Waals surface area contributed by atoms with Crippen molar-refractivity contribution >= 4 is 44.9 Å². The van der Waals surface area contributed by atoms with Crippen LogP contribution in [0.1, 0.15) is 61.9 Å². The number of halogens is 1. The van der Waals surface area contributed by atoms with Crippen molar-refractivity contribution < 1.29 is 14.3 Å². The van der Waals surface area contributed by atoms with Gasteiger partial charge in [-0.05, 0) is 107 Å². The molecule has 4 aliphatic heterocycles. The number of likely N-dealkylation sites (tertiary alicyclic amines) is 1. The summed E-state index contributed by atoms with van der Waals surface area (Å²) in [5, 5.41) is 6.45. The number of anilines is 2. The van der Waals surface area contributed by atoms with E-state index in [0.29, 0.717) is 30.3 Å². The Morgan fingerprint density at radius 1 is 1.11 bits per heavy atom. The van der Waals surface area contributed by atoms with Gasteiger partial charge in [-0.1, -0.05) is 22.4 Å². The average molecular weight is 580 g/mol. The molecule has 1 amide bonds. The minimum Gasteiger partial charge on any atom is -0.462 e. The van der Waals surface area contributed by atoms with Crippen molar-refractivity contribution in [2.24, 2.45) is 10.5 Å². The second-order valence-electron chi connectivity index (χ2n) is 11.0. The minimum absolute atomic E-state index is 0.0267. The van der Waals surface area contributed by atoms with Crippen molar-refractivity contribution in [2.45, 2.75) is 64.5 Å². The summed E-state index contributed by atoms with van der Waals surface area (Å²) in [4.78, 5) is 31.8. The normalized spacial score (nSPS) is 27.2. The number of piperidine rings is 2. The van der Waals surface area contributed by atoms with E-state index in [1.54, 1.807) is 36.2 Å². The Labute approximate surface area is 232 Å². The Morgan fingerprint density at radius 3 is 2.61 bits per heavy atom. The molecule has 2 aromatic rings. The van der Waals surface area contributed by atoms with Gasteiger partial charge in [0.05, 0.1) is 29.6 Å². The van der Waals surface area contributed by atoms with Crippen LogP contribution in [-0.4, -0.2) is 60.8 Å². The first kappa shape index (κ1) is 25.6. The largest absolute Gasteiger partial charge is 0.462 e. The lowest BCUT2D eigenvalue weighted by Gasteiger charge is -2.54. The van der Waals surface area contributed by atoms with Crippen molar-refractivity contribution in [3.8, 4) is 0 Å². The maximum absolute atomic E-state index is 14.5. The number of nitrogens with zero attached hydrogens (tertiary/aromatic N) is 4. The predicted molar refractivity (Wildman–Crippen MR) is 153 cm³/mol. The molecule has 38 heavy (non-hydrogen) atoms. The van der Waals surface area contributed by atoms with Crippen LogP contribution in [0, 0.1) is 5.41 Å². The van der Waals surface area contributed by atoms with E-state index in [4.69, 9.17) is 9.84 Å². The summed E-state index contributed by atoms with van der Waals surface area (Å²) in [6, 6.07) is 14.0. The van der Waals surface area contributed by atoms with Gasteiger partial charge >= 0.3 is 5.97 Å². The van der Waals surface area contributed by atoms with E-state index in [-0.39, 0.29) is 17.9 Å². The SMILES string of the molecule is CCOC(=O)c1ccc(N2N=C(C)C3(Cc4cc(Br)ccc4N4CCC(N5CCCCC5)CC43)C2=O)cc1. The number of hydrogen-bond donors (Lipinski definition) is 0. The Bertz CT molecular complexity index is 1270. The molecule has 3 unspecified atom stereocenters. The fourth-order valence-corrected chi connectivity index (χ4v) is 7.46. The van der Waals surface area contributed by atoms with E-state index in [2.05, 4.69) is 43.9 Å². The van der Waals surface area contributed by atoms with Gasteiger partial charge in [-0.15, -0.1) is 0 Å². The minimum atomic E-state index is -0.720. The van der Waals surface area contributed by atoms with E-state index in [1.807, 2.05) is 6.92 Å². The number of carbonyl (C=O) groups is 2. The van der Waals surface area contributed by atoms with Crippen molar-refractivity contribution in [1.29, 1.82) is 0 Å². The molecule has 6 rings (SSSR count). The lowest BCUT2D eigenvalue weighted by atomic mass is 9.65. The lowest BCUT2D eigenvalue weighted by Crippen LogP contribution is -2.64. The Hall–Kier alpha value is -2.71. The third kappa shape index (κ3) is 4.16. The number of esters is 1. The molecule has 0 aromatic heterocycles. The molecule has 3 atom stereocenters. The molecule has 0 aliphatic carbocycles. The van der Waals surface area contributed by atoms with E-state index >= 15 is 0 Å². The van der Waals surface area contributed by atoms with Crippen molar-refractivity contribution in [1.82, 2.24) is 4.90 Å². The predicted octanol–water partition coefficient (Wildman–Crippen LogP) is 5.41. The first-order valence-corrected chi connectivity index (χ1v) is 14.7. The summed E-state index contributed by atoms with van der Waals surface area (Å²) >= 11 is 3.66. The third-order valence-corrected chi connectivity index (χ3v) is 9.46. The molecule has 4 heterocycles. The van der Waals surface area contributed by atoms with Gasteiger partial charge in [0.15, 0.2) is 0 Å². The maximum Gasteiger partial charge on any atom is 0.338 e. The highest BCUT2D eigenvalue weighted by atomic mass is 79.9. The summed E-state index contributed by atoms with van der Waals surface area (Å²) in [5.41, 5.74) is 3.73. The van der Waals surface area contributed by atoms with Gasteiger partial charge in [-0.3, -0.25) is 4.79 Å². The molecule has 0 saturated carbocycles. The number of hydrogen-bond acceptors (Lipinski definition) is 6. The Morgan fingerprint density at radius 2 is 1.87 bits per heavy atom. The average Bonchev–Trinajstić information content (AvgIpc) is 3.19. The van der Waals surface area contributed by atoms with E-state index in [1.165, 1.54) is 30.5 Å². The summed E-state index contributed by atoms with van der Waals surface area (Å²) in [6.45, 7) is 7.40. The van der Waals surface area contributed by atoms with Crippen LogP contribution >= 0.6 is 15.9 Å². The van der Waals surface area contributed by atoms with Crippen LogP contribution in [0.25, 0.3) is 0 Å². The van der Waals surface area contributed by atoms with Crippen LogP contribution in [0.5, 0.6) is 0 Å². The Kier molecular flexibility index (Phi) is 6.80. The molecule has 7 nitrogen and oxygen atoms in total. The summed E-state index contributed by atoms with van der Waals surface area (Å²) < 4.78 is 6.15. The highest BCUT2D eigenvalue weighted by Crippen LogP contribution is 2.50. The summed E-state index contributed by atoms with van der Waals surface area (Å²) in [5.74, 6) is -0.335. The number of benzene rings is 2. The topological polar surface area (TPSA) is 65.5 Å². The van der Waals surface area contributed by atoms with Gasteiger partial charge < -0.3 is 14.5 Å². The maximum atomic E-state index is 14.5. The number of carbonyl (C=O) groups excluding carboxylic acids is 2. The van der Waals surface area contributed by atoms with Crippen LogP contribution in [0.2, 0.25) is 0 Å². The zero-order valence-corrected chi connectivity index (χ0v) is 23.7. The molecular weight excluding hydrogens is 544 g/mol. The summed E-state index contributed by atoms with van der Waals surface area (Å²) in [7, 11) is 0. The van der Waals surface area contributed by atoms with Gasteiger partial charge in [0, 0.05) is 22.7 Å². The van der Waals surface area contributed by atoms with E-state index in [0.717, 1.165) is 42.7 Å². The zero-order chi connectivity index (χ0) is 26.4. The van der Waals surface area contributed by atoms with Crippen LogP contribution in [0.3, 0.4) is 0 Å². The number of fused-ring (bicyclic) bond motifs is 4. The first-order chi connectivity index (χ1) is 18.4. The van der Waals surface area contributed by atoms with Gasteiger partial charge in [-0.2, -0.15) is 10.1 Å². The summed E-state index contributed by atoms with van der Waals surface area (Å²) in [6.07, 6.45) is 6.57. The standard InChI is InChI=1S/C30H35BrN4O3/c1-3-38-28(36)21-7-10-24(11-8-21)35-29(37)30(20(2)32-35)19-22-17-23(31)9-12-26(22)34-16-13-25(18-27(30)34)33-14-5-4-6-15-33/h7-12,17,25,27H,3-6,13-16,18-19H2,1-2H3. The molecule has 2 fully saturated rings. The van der Waals surface area contributed by atoms with Crippen LogP contribution in [-0.2, 0) is 16.0 Å². The lowest BCUT2D eigenvalue weighted by molar-refractivity contribution is -0.125. The molecule has 1 spiro atoms. The fourth-order valence-electron chi connectivity index (χ4n) is 7.06.